The van der Waals surface area contributed by atoms with Crippen molar-refractivity contribution in [1.82, 2.24) is 4.90 Å². The molecule has 1 saturated heterocycles. The van der Waals surface area contributed by atoms with Crippen molar-refractivity contribution in [3.8, 4) is 6.07 Å². The molecule has 1 aromatic rings. The third-order valence-corrected chi connectivity index (χ3v) is 4.72. The zero-order chi connectivity index (χ0) is 13.2. The zero-order valence-corrected chi connectivity index (χ0v) is 11.4. The predicted molar refractivity (Wildman–Crippen MR) is 76.5 cm³/mol. The molecule has 2 nitrogen and oxygen atoms in total. The molecule has 0 amide bonds. The van der Waals surface area contributed by atoms with Crippen molar-refractivity contribution in [3.63, 3.8) is 0 Å². The van der Waals surface area contributed by atoms with E-state index >= 15 is 0 Å². The topological polar surface area (TPSA) is 27.0 Å². The largest absolute Gasteiger partial charge is 0.296 e. The maximum atomic E-state index is 8.85. The van der Waals surface area contributed by atoms with Gasteiger partial charge in [0.15, 0.2) is 0 Å². The highest BCUT2D eigenvalue weighted by atomic mass is 15.2. The SMILES string of the molecule is C[C@H](c1ccc(C#N)cc1)N1C[C@H]2CC=CC[C@@H]2C1. The summed E-state index contributed by atoms with van der Waals surface area (Å²) < 4.78 is 0. The van der Waals surface area contributed by atoms with Gasteiger partial charge in [-0.3, -0.25) is 4.90 Å². The Morgan fingerprint density at radius 2 is 1.68 bits per heavy atom. The standard InChI is InChI=1S/C17H20N2/c1-13(15-8-6-14(10-18)7-9-15)19-11-16-4-2-3-5-17(16)12-19/h2-3,6-9,13,16-17H,4-5,11-12H2,1H3/t13-,16-,17-/m1/s1. The van der Waals surface area contributed by atoms with Gasteiger partial charge in [-0.1, -0.05) is 24.3 Å². The second-order valence-electron chi connectivity index (χ2n) is 5.83. The van der Waals surface area contributed by atoms with Gasteiger partial charge >= 0.3 is 0 Å². The van der Waals surface area contributed by atoms with Crippen LogP contribution in [-0.2, 0) is 0 Å². The molecule has 0 N–H and O–H groups in total. The predicted octanol–water partition coefficient (Wildman–Crippen LogP) is 3.52. The summed E-state index contributed by atoms with van der Waals surface area (Å²) in [6.45, 7) is 4.72. The molecule has 1 heterocycles. The van der Waals surface area contributed by atoms with E-state index in [0.29, 0.717) is 6.04 Å². The fraction of sp³-hybridized carbons (Fsp3) is 0.471. The molecular formula is C17H20N2. The van der Waals surface area contributed by atoms with Gasteiger partial charge in [0, 0.05) is 19.1 Å². The average Bonchev–Trinajstić information content (AvgIpc) is 2.90. The molecule has 0 saturated carbocycles. The highest BCUT2D eigenvalue weighted by Gasteiger charge is 2.34. The Labute approximate surface area is 115 Å². The van der Waals surface area contributed by atoms with Gasteiger partial charge in [0.1, 0.15) is 0 Å². The van der Waals surface area contributed by atoms with Crippen LogP contribution >= 0.6 is 0 Å². The maximum Gasteiger partial charge on any atom is 0.0991 e. The molecule has 2 heteroatoms. The minimum Gasteiger partial charge on any atom is -0.296 e. The Kier molecular flexibility index (Phi) is 3.40. The fourth-order valence-electron chi connectivity index (χ4n) is 3.41. The van der Waals surface area contributed by atoms with E-state index in [1.54, 1.807) is 0 Å². The number of likely N-dealkylation sites (tertiary alicyclic amines) is 1. The van der Waals surface area contributed by atoms with Gasteiger partial charge in [0.25, 0.3) is 0 Å². The lowest BCUT2D eigenvalue weighted by Gasteiger charge is -2.24. The molecule has 1 fully saturated rings. The van der Waals surface area contributed by atoms with Crippen LogP contribution in [0.4, 0.5) is 0 Å². The van der Waals surface area contributed by atoms with Gasteiger partial charge in [-0.25, -0.2) is 0 Å². The summed E-state index contributed by atoms with van der Waals surface area (Å²) in [5.74, 6) is 1.71. The highest BCUT2D eigenvalue weighted by molar-refractivity contribution is 5.32. The zero-order valence-electron chi connectivity index (χ0n) is 11.4. The summed E-state index contributed by atoms with van der Waals surface area (Å²) in [6, 6.07) is 10.7. The van der Waals surface area contributed by atoms with E-state index in [9.17, 15) is 0 Å². The second-order valence-corrected chi connectivity index (χ2v) is 5.83. The maximum absolute atomic E-state index is 8.85. The van der Waals surface area contributed by atoms with E-state index in [4.69, 9.17) is 5.26 Å². The minimum absolute atomic E-state index is 0.457. The summed E-state index contributed by atoms with van der Waals surface area (Å²) in [4.78, 5) is 2.60. The Hall–Kier alpha value is -1.59. The van der Waals surface area contributed by atoms with Crippen molar-refractivity contribution in [1.29, 1.82) is 5.26 Å². The van der Waals surface area contributed by atoms with E-state index in [2.05, 4.69) is 42.2 Å². The molecule has 0 bridgehead atoms. The molecule has 2 aliphatic rings. The van der Waals surface area contributed by atoms with Crippen molar-refractivity contribution < 1.29 is 0 Å². The number of benzene rings is 1. The molecule has 19 heavy (non-hydrogen) atoms. The second kappa shape index (κ2) is 5.19. The van der Waals surface area contributed by atoms with Crippen molar-refractivity contribution >= 4 is 0 Å². The Bertz CT molecular complexity index is 493. The molecule has 98 valence electrons. The number of hydrogen-bond donors (Lipinski definition) is 0. The van der Waals surface area contributed by atoms with E-state index in [-0.39, 0.29) is 0 Å². The van der Waals surface area contributed by atoms with E-state index in [1.165, 1.54) is 31.5 Å². The normalized spacial score (nSPS) is 27.8. The summed E-state index contributed by atoms with van der Waals surface area (Å²) in [6.07, 6.45) is 7.19. The molecule has 1 aromatic carbocycles. The first-order chi connectivity index (χ1) is 9.28. The summed E-state index contributed by atoms with van der Waals surface area (Å²) in [5, 5.41) is 8.85. The van der Waals surface area contributed by atoms with Gasteiger partial charge in [-0.2, -0.15) is 5.26 Å². The molecular weight excluding hydrogens is 232 g/mol. The van der Waals surface area contributed by atoms with Crippen molar-refractivity contribution in [2.75, 3.05) is 13.1 Å². The summed E-state index contributed by atoms with van der Waals surface area (Å²) in [5.41, 5.74) is 2.07. The lowest BCUT2D eigenvalue weighted by Crippen LogP contribution is -2.24. The number of nitriles is 1. The van der Waals surface area contributed by atoms with Crippen LogP contribution < -0.4 is 0 Å². The van der Waals surface area contributed by atoms with Crippen LogP contribution in [-0.4, -0.2) is 18.0 Å². The van der Waals surface area contributed by atoms with Crippen molar-refractivity contribution in [2.45, 2.75) is 25.8 Å². The molecule has 0 radical (unpaired) electrons. The first kappa shape index (κ1) is 12.4. The summed E-state index contributed by atoms with van der Waals surface area (Å²) in [7, 11) is 0. The molecule has 0 aromatic heterocycles. The number of fused-ring (bicyclic) bond motifs is 1. The van der Waals surface area contributed by atoms with Crippen LogP contribution in [0.25, 0.3) is 0 Å². The third kappa shape index (κ3) is 2.43. The van der Waals surface area contributed by atoms with Gasteiger partial charge in [0.2, 0.25) is 0 Å². The Morgan fingerprint density at radius 3 is 2.21 bits per heavy atom. The number of allylic oxidation sites excluding steroid dienone is 2. The number of rotatable bonds is 2. The Balaban J connectivity index is 1.71. The van der Waals surface area contributed by atoms with Gasteiger partial charge in [-0.15, -0.1) is 0 Å². The summed E-state index contributed by atoms with van der Waals surface area (Å²) >= 11 is 0. The molecule has 1 aliphatic carbocycles. The monoisotopic (exact) mass is 252 g/mol. The smallest absolute Gasteiger partial charge is 0.0991 e. The lowest BCUT2D eigenvalue weighted by molar-refractivity contribution is 0.249. The van der Waals surface area contributed by atoms with Crippen LogP contribution in [0.2, 0.25) is 0 Å². The first-order valence-electron chi connectivity index (χ1n) is 7.17. The van der Waals surface area contributed by atoms with Crippen LogP contribution in [0, 0.1) is 23.2 Å². The van der Waals surface area contributed by atoms with Gasteiger partial charge in [-0.05, 0) is 49.3 Å². The van der Waals surface area contributed by atoms with Crippen LogP contribution in [0.3, 0.4) is 0 Å². The lowest BCUT2D eigenvalue weighted by atomic mass is 9.86. The fourth-order valence-corrected chi connectivity index (χ4v) is 3.41. The Morgan fingerprint density at radius 1 is 1.11 bits per heavy atom. The number of nitrogens with zero attached hydrogens (tertiary/aromatic N) is 2. The van der Waals surface area contributed by atoms with E-state index in [0.717, 1.165) is 17.4 Å². The average molecular weight is 252 g/mol. The molecule has 0 unspecified atom stereocenters. The molecule has 0 spiro atoms. The third-order valence-electron chi connectivity index (χ3n) is 4.72. The minimum atomic E-state index is 0.457. The molecule has 1 aliphatic heterocycles. The first-order valence-corrected chi connectivity index (χ1v) is 7.17. The molecule has 3 atom stereocenters. The van der Waals surface area contributed by atoms with E-state index < -0.39 is 0 Å². The van der Waals surface area contributed by atoms with E-state index in [1.807, 2.05) is 12.1 Å². The van der Waals surface area contributed by atoms with Gasteiger partial charge < -0.3 is 0 Å². The highest BCUT2D eigenvalue weighted by Crippen LogP contribution is 2.36. The van der Waals surface area contributed by atoms with Crippen LogP contribution in [0.5, 0.6) is 0 Å². The quantitative estimate of drug-likeness (QED) is 0.753. The van der Waals surface area contributed by atoms with Crippen LogP contribution in [0.15, 0.2) is 36.4 Å². The van der Waals surface area contributed by atoms with Crippen molar-refractivity contribution in [3.05, 3.63) is 47.5 Å². The van der Waals surface area contributed by atoms with Crippen LogP contribution in [0.1, 0.15) is 36.9 Å². The number of hydrogen-bond acceptors (Lipinski definition) is 2. The van der Waals surface area contributed by atoms with Crippen molar-refractivity contribution in [2.24, 2.45) is 11.8 Å². The van der Waals surface area contributed by atoms with Gasteiger partial charge in [0.05, 0.1) is 11.6 Å². The molecule has 3 rings (SSSR count).